The van der Waals surface area contributed by atoms with Gasteiger partial charge in [0.1, 0.15) is 12.1 Å². The van der Waals surface area contributed by atoms with Gasteiger partial charge in [-0.05, 0) is 18.1 Å². The minimum absolute atomic E-state index is 0.232. The van der Waals surface area contributed by atoms with Crippen molar-refractivity contribution in [1.82, 2.24) is 0 Å². The first-order valence-corrected chi connectivity index (χ1v) is 4.82. The van der Waals surface area contributed by atoms with Gasteiger partial charge in [-0.25, -0.2) is 0 Å². The smallest absolute Gasteiger partial charge is 0.150 e. The van der Waals surface area contributed by atoms with Crippen LogP contribution < -0.4 is 0 Å². The van der Waals surface area contributed by atoms with Crippen molar-refractivity contribution in [2.75, 3.05) is 0 Å². The summed E-state index contributed by atoms with van der Waals surface area (Å²) in [6.07, 6.45) is 2.74. The van der Waals surface area contributed by atoms with E-state index in [0.29, 0.717) is 18.4 Å². The van der Waals surface area contributed by atoms with Gasteiger partial charge in [0, 0.05) is 18.4 Å². The van der Waals surface area contributed by atoms with Gasteiger partial charge in [-0.2, -0.15) is 0 Å². The minimum Gasteiger partial charge on any atom is -0.299 e. The van der Waals surface area contributed by atoms with Crippen LogP contribution in [0.5, 0.6) is 0 Å². The van der Waals surface area contributed by atoms with Crippen LogP contribution in [-0.4, -0.2) is 12.1 Å². The second-order valence-electron chi connectivity index (χ2n) is 3.33. The maximum absolute atomic E-state index is 11.3. The van der Waals surface area contributed by atoms with Crippen LogP contribution in [0.1, 0.15) is 35.7 Å². The van der Waals surface area contributed by atoms with Crippen molar-refractivity contribution in [2.45, 2.75) is 26.2 Å². The Morgan fingerprint density at radius 3 is 2.86 bits per heavy atom. The van der Waals surface area contributed by atoms with Gasteiger partial charge in [0.2, 0.25) is 0 Å². The fraction of sp³-hybridized carbons (Fsp3) is 0.333. The van der Waals surface area contributed by atoms with Gasteiger partial charge in [-0.3, -0.25) is 9.59 Å². The first kappa shape index (κ1) is 10.6. The molecular formula is C12H14O2. The van der Waals surface area contributed by atoms with Gasteiger partial charge in [-0.15, -0.1) is 0 Å². The predicted molar refractivity (Wildman–Crippen MR) is 55.4 cm³/mol. The second kappa shape index (κ2) is 5.32. The van der Waals surface area contributed by atoms with Crippen LogP contribution in [0.25, 0.3) is 0 Å². The number of aldehydes is 1. The number of Topliss-reactive ketones (excluding diaryl/α,β-unsaturated/α-hetero) is 1. The molecule has 0 aliphatic carbocycles. The Balaban J connectivity index is 2.66. The summed E-state index contributed by atoms with van der Waals surface area (Å²) in [4.78, 5) is 21.8. The average molecular weight is 190 g/mol. The number of carbonyl (C=O) groups excluding carboxylic acids is 2. The van der Waals surface area contributed by atoms with Crippen molar-refractivity contribution in [2.24, 2.45) is 0 Å². The van der Waals surface area contributed by atoms with Crippen LogP contribution in [-0.2, 0) is 11.2 Å². The zero-order chi connectivity index (χ0) is 10.4. The van der Waals surface area contributed by atoms with Crippen LogP contribution in [0.15, 0.2) is 24.3 Å². The molecule has 0 spiro atoms. The summed E-state index contributed by atoms with van der Waals surface area (Å²) in [5, 5.41) is 0. The third kappa shape index (κ3) is 3.13. The average Bonchev–Trinajstić information content (AvgIpc) is 2.18. The normalized spacial score (nSPS) is 9.79. The maximum atomic E-state index is 11.3. The molecule has 0 aliphatic heterocycles. The van der Waals surface area contributed by atoms with E-state index in [1.165, 1.54) is 0 Å². The molecule has 2 nitrogen and oxygen atoms in total. The van der Waals surface area contributed by atoms with E-state index in [9.17, 15) is 9.59 Å². The third-order valence-electron chi connectivity index (χ3n) is 2.02. The van der Waals surface area contributed by atoms with Crippen LogP contribution >= 0.6 is 0 Å². The number of hydrogen-bond acceptors (Lipinski definition) is 2. The Bertz CT molecular complexity index is 329. The van der Waals surface area contributed by atoms with Crippen LogP contribution in [0, 0.1) is 0 Å². The summed E-state index contributed by atoms with van der Waals surface area (Å²) < 4.78 is 0. The largest absolute Gasteiger partial charge is 0.299 e. The van der Waals surface area contributed by atoms with Gasteiger partial charge < -0.3 is 0 Å². The van der Waals surface area contributed by atoms with Crippen molar-refractivity contribution in [3.05, 3.63) is 35.4 Å². The van der Waals surface area contributed by atoms with Gasteiger partial charge in [0.25, 0.3) is 0 Å². The minimum atomic E-state index is 0.232. The molecule has 0 N–H and O–H groups in total. The number of hydrogen-bond donors (Lipinski definition) is 0. The number of carbonyl (C=O) groups is 2. The van der Waals surface area contributed by atoms with E-state index in [2.05, 4.69) is 0 Å². The molecule has 2 heteroatoms. The van der Waals surface area contributed by atoms with Crippen molar-refractivity contribution in [1.29, 1.82) is 0 Å². The molecule has 0 saturated heterocycles. The molecule has 0 amide bonds. The van der Waals surface area contributed by atoms with Crippen LogP contribution in [0.2, 0.25) is 0 Å². The predicted octanol–water partition coefficient (Wildman–Crippen LogP) is 2.41. The molecule has 1 rings (SSSR count). The molecule has 0 saturated carbocycles. The van der Waals surface area contributed by atoms with Gasteiger partial charge in [0.15, 0.2) is 0 Å². The van der Waals surface area contributed by atoms with Crippen molar-refractivity contribution in [3.63, 3.8) is 0 Å². The quantitative estimate of drug-likeness (QED) is 0.668. The van der Waals surface area contributed by atoms with Gasteiger partial charge in [0.05, 0.1) is 0 Å². The maximum Gasteiger partial charge on any atom is 0.150 e. The topological polar surface area (TPSA) is 34.1 Å². The van der Waals surface area contributed by atoms with Crippen molar-refractivity contribution < 1.29 is 9.59 Å². The summed E-state index contributed by atoms with van der Waals surface area (Å²) in [6, 6.07) is 7.18. The van der Waals surface area contributed by atoms with E-state index >= 15 is 0 Å². The molecule has 1 aromatic carbocycles. The zero-order valence-electron chi connectivity index (χ0n) is 8.32. The first-order valence-electron chi connectivity index (χ1n) is 4.82. The molecule has 0 aromatic heterocycles. The zero-order valence-corrected chi connectivity index (χ0v) is 8.32. The molecule has 74 valence electrons. The fourth-order valence-corrected chi connectivity index (χ4v) is 1.37. The second-order valence-corrected chi connectivity index (χ2v) is 3.33. The lowest BCUT2D eigenvalue weighted by Crippen LogP contribution is -2.01. The van der Waals surface area contributed by atoms with Gasteiger partial charge in [-0.1, -0.05) is 25.1 Å². The standard InChI is InChI=1S/C12H14O2/c1-2-4-12(14)8-10-5-3-6-11(7-10)9-13/h3,5-7,9H,2,4,8H2,1H3. The Morgan fingerprint density at radius 1 is 1.43 bits per heavy atom. The molecule has 0 aliphatic rings. The van der Waals surface area contributed by atoms with E-state index in [1.807, 2.05) is 13.0 Å². The Hall–Kier alpha value is -1.44. The first-order chi connectivity index (χ1) is 6.76. The molecular weight excluding hydrogens is 176 g/mol. The Labute approximate surface area is 83.9 Å². The van der Waals surface area contributed by atoms with Crippen LogP contribution in [0.4, 0.5) is 0 Å². The molecule has 14 heavy (non-hydrogen) atoms. The lowest BCUT2D eigenvalue weighted by atomic mass is 10.0. The summed E-state index contributed by atoms with van der Waals surface area (Å²) in [5.74, 6) is 0.232. The number of rotatable bonds is 5. The molecule has 0 fully saturated rings. The molecule has 1 aromatic rings. The van der Waals surface area contributed by atoms with E-state index in [-0.39, 0.29) is 5.78 Å². The highest BCUT2D eigenvalue weighted by Gasteiger charge is 2.02. The molecule has 0 unspecified atom stereocenters. The highest BCUT2D eigenvalue weighted by atomic mass is 16.1. The lowest BCUT2D eigenvalue weighted by molar-refractivity contribution is -0.118. The molecule has 0 heterocycles. The van der Waals surface area contributed by atoms with Crippen molar-refractivity contribution >= 4 is 12.1 Å². The van der Waals surface area contributed by atoms with E-state index in [0.717, 1.165) is 18.3 Å². The summed E-state index contributed by atoms with van der Waals surface area (Å²) in [7, 11) is 0. The molecule has 0 atom stereocenters. The fourth-order valence-electron chi connectivity index (χ4n) is 1.37. The monoisotopic (exact) mass is 190 g/mol. The van der Waals surface area contributed by atoms with E-state index in [1.54, 1.807) is 18.2 Å². The summed E-state index contributed by atoms with van der Waals surface area (Å²) in [6.45, 7) is 1.99. The highest BCUT2D eigenvalue weighted by molar-refractivity contribution is 5.82. The molecule has 0 bridgehead atoms. The van der Waals surface area contributed by atoms with E-state index < -0.39 is 0 Å². The Kier molecular flexibility index (Phi) is 4.05. The van der Waals surface area contributed by atoms with Gasteiger partial charge >= 0.3 is 0 Å². The third-order valence-corrected chi connectivity index (χ3v) is 2.02. The van der Waals surface area contributed by atoms with Crippen molar-refractivity contribution in [3.8, 4) is 0 Å². The van der Waals surface area contributed by atoms with Crippen LogP contribution in [0.3, 0.4) is 0 Å². The molecule has 0 radical (unpaired) electrons. The highest BCUT2D eigenvalue weighted by Crippen LogP contribution is 2.06. The lowest BCUT2D eigenvalue weighted by Gasteiger charge is -2.00. The SMILES string of the molecule is CCCC(=O)Cc1cccc(C=O)c1. The number of ketones is 1. The summed E-state index contributed by atoms with van der Waals surface area (Å²) >= 11 is 0. The van der Waals surface area contributed by atoms with E-state index in [4.69, 9.17) is 0 Å². The number of benzene rings is 1. The summed E-state index contributed by atoms with van der Waals surface area (Å²) in [5.41, 5.74) is 1.56. The Morgan fingerprint density at radius 2 is 2.21 bits per heavy atom.